The van der Waals surface area contributed by atoms with Crippen molar-refractivity contribution in [1.29, 1.82) is 5.26 Å². The summed E-state index contributed by atoms with van der Waals surface area (Å²) >= 11 is 0. The number of aromatic carboxylic acids is 1. The average molecular weight is 294 g/mol. The third kappa shape index (κ3) is 3.05. The highest BCUT2D eigenvalue weighted by Crippen LogP contribution is 2.32. The van der Waals surface area contributed by atoms with E-state index in [0.717, 1.165) is 0 Å². The van der Waals surface area contributed by atoms with Gasteiger partial charge in [0.1, 0.15) is 11.8 Å². The number of hydrogen-bond donors (Lipinski definition) is 0. The van der Waals surface area contributed by atoms with Gasteiger partial charge < -0.3 is 14.6 Å². The number of carbonyl (C=O) groups excluding carboxylic acids is 1. The maximum atomic E-state index is 12.3. The lowest BCUT2D eigenvalue weighted by atomic mass is 9.99. The molecule has 4 nitrogen and oxygen atoms in total. The quantitative estimate of drug-likeness (QED) is 0.868. The zero-order chi connectivity index (χ0) is 15.6. The largest absolute Gasteiger partial charge is 0.545 e. The maximum Gasteiger partial charge on any atom is 0.422 e. The molecule has 0 heterocycles. The normalized spacial score (nSPS) is 11.1. The van der Waals surface area contributed by atoms with Crippen molar-refractivity contribution in [3.63, 3.8) is 0 Å². The summed E-state index contributed by atoms with van der Waals surface area (Å²) in [7, 11) is 0. The van der Waals surface area contributed by atoms with Crippen molar-refractivity contribution >= 4 is 16.7 Å². The number of nitrogens with zero attached hydrogens (tertiary/aromatic N) is 1. The number of carboxylic acids is 1. The number of alkyl halides is 3. The Morgan fingerprint density at radius 1 is 1.33 bits per heavy atom. The molecule has 7 heteroatoms. The van der Waals surface area contributed by atoms with Crippen molar-refractivity contribution < 1.29 is 27.8 Å². The van der Waals surface area contributed by atoms with Crippen LogP contribution in [0.2, 0.25) is 0 Å². The highest BCUT2D eigenvalue weighted by atomic mass is 19.4. The van der Waals surface area contributed by atoms with E-state index in [4.69, 9.17) is 5.26 Å². The van der Waals surface area contributed by atoms with Gasteiger partial charge in [0.25, 0.3) is 0 Å². The number of halogens is 3. The summed E-state index contributed by atoms with van der Waals surface area (Å²) in [5.74, 6) is -2.34. The van der Waals surface area contributed by atoms with E-state index in [0.29, 0.717) is 5.39 Å². The maximum absolute atomic E-state index is 12.3. The second kappa shape index (κ2) is 5.32. The van der Waals surface area contributed by atoms with Gasteiger partial charge in [-0.3, -0.25) is 0 Å². The highest BCUT2D eigenvalue weighted by molar-refractivity contribution is 6.06. The molecule has 0 aliphatic carbocycles. The summed E-state index contributed by atoms with van der Waals surface area (Å²) in [4.78, 5) is 11.2. The molecule has 2 rings (SSSR count). The first kappa shape index (κ1) is 14.7. The zero-order valence-corrected chi connectivity index (χ0v) is 10.4. The second-order valence-electron chi connectivity index (χ2n) is 4.15. The summed E-state index contributed by atoms with van der Waals surface area (Å²) < 4.78 is 41.3. The molecule has 0 aliphatic rings. The Labute approximate surface area is 117 Å². The van der Waals surface area contributed by atoms with Gasteiger partial charge in [-0.05, 0) is 16.8 Å². The molecule has 0 saturated carbocycles. The Morgan fingerprint density at radius 3 is 2.57 bits per heavy atom. The van der Waals surface area contributed by atoms with E-state index in [-0.39, 0.29) is 10.9 Å². The molecule has 0 fully saturated rings. The minimum atomic E-state index is -4.65. The van der Waals surface area contributed by atoms with Gasteiger partial charge in [-0.2, -0.15) is 18.4 Å². The van der Waals surface area contributed by atoms with Gasteiger partial charge in [-0.1, -0.05) is 24.3 Å². The fourth-order valence-electron chi connectivity index (χ4n) is 1.92. The van der Waals surface area contributed by atoms with Crippen LogP contribution < -0.4 is 9.84 Å². The Kier molecular flexibility index (Phi) is 3.72. The minimum Gasteiger partial charge on any atom is -0.545 e. The molecular formula is C14H7F3NO3-. The predicted octanol–water partition coefficient (Wildman–Crippen LogP) is 2.02. The van der Waals surface area contributed by atoms with Crippen molar-refractivity contribution in [2.45, 2.75) is 6.18 Å². The van der Waals surface area contributed by atoms with Crippen LogP contribution in [0.4, 0.5) is 13.2 Å². The Morgan fingerprint density at radius 2 is 2.00 bits per heavy atom. The number of ether oxygens (including phenoxy) is 1. The minimum absolute atomic E-state index is 0.147. The smallest absolute Gasteiger partial charge is 0.422 e. The highest BCUT2D eigenvalue weighted by Gasteiger charge is 2.30. The lowest BCUT2D eigenvalue weighted by Gasteiger charge is -2.17. The van der Waals surface area contributed by atoms with Gasteiger partial charge in [0, 0.05) is 5.56 Å². The second-order valence-corrected chi connectivity index (χ2v) is 4.15. The van der Waals surface area contributed by atoms with E-state index < -0.39 is 30.1 Å². The van der Waals surface area contributed by atoms with Crippen molar-refractivity contribution in [2.24, 2.45) is 0 Å². The van der Waals surface area contributed by atoms with Crippen LogP contribution in [-0.4, -0.2) is 18.8 Å². The van der Waals surface area contributed by atoms with Crippen LogP contribution in [-0.2, 0) is 0 Å². The number of nitriles is 1. The fourth-order valence-corrected chi connectivity index (χ4v) is 1.92. The molecule has 0 spiro atoms. The van der Waals surface area contributed by atoms with E-state index >= 15 is 0 Å². The lowest BCUT2D eigenvalue weighted by molar-refractivity contribution is -0.255. The van der Waals surface area contributed by atoms with Crippen LogP contribution in [0, 0.1) is 11.3 Å². The van der Waals surface area contributed by atoms with Crippen LogP contribution in [0.3, 0.4) is 0 Å². The molecule has 0 bridgehead atoms. The lowest BCUT2D eigenvalue weighted by Crippen LogP contribution is -2.26. The van der Waals surface area contributed by atoms with Crippen LogP contribution in [0.5, 0.6) is 5.75 Å². The topological polar surface area (TPSA) is 73.2 Å². The molecule has 0 aliphatic heterocycles. The standard InChI is InChI=1S/C14H8F3NO3/c15-14(16,17)7-21-12-9(6-18)5-8-3-1-2-4-10(8)11(12)13(19)20/h1-5H,7H2,(H,19,20)/p-1. The van der Waals surface area contributed by atoms with Gasteiger partial charge in [-0.15, -0.1) is 0 Å². The Hall–Kier alpha value is -2.75. The van der Waals surface area contributed by atoms with Crippen LogP contribution in [0.25, 0.3) is 10.8 Å². The van der Waals surface area contributed by atoms with Crippen LogP contribution >= 0.6 is 0 Å². The predicted molar refractivity (Wildman–Crippen MR) is 64.5 cm³/mol. The zero-order valence-electron chi connectivity index (χ0n) is 10.4. The monoisotopic (exact) mass is 294 g/mol. The molecule has 2 aromatic carbocycles. The van der Waals surface area contributed by atoms with Gasteiger partial charge >= 0.3 is 6.18 Å². The number of carboxylic acid groups (broad SMARTS) is 1. The molecular weight excluding hydrogens is 287 g/mol. The molecule has 0 saturated heterocycles. The van der Waals surface area contributed by atoms with E-state index in [1.54, 1.807) is 12.1 Å². The van der Waals surface area contributed by atoms with Crippen LogP contribution in [0.1, 0.15) is 15.9 Å². The molecule has 108 valence electrons. The van der Waals surface area contributed by atoms with E-state index in [9.17, 15) is 23.1 Å². The van der Waals surface area contributed by atoms with Gasteiger partial charge in [0.15, 0.2) is 6.61 Å². The summed E-state index contributed by atoms with van der Waals surface area (Å²) in [6.45, 7) is -1.69. The van der Waals surface area contributed by atoms with E-state index in [1.165, 1.54) is 24.3 Å². The molecule has 0 radical (unpaired) electrons. The number of fused-ring (bicyclic) bond motifs is 1. The molecule has 0 unspecified atom stereocenters. The van der Waals surface area contributed by atoms with Crippen molar-refractivity contribution in [3.05, 3.63) is 41.5 Å². The van der Waals surface area contributed by atoms with Gasteiger partial charge in [0.05, 0.1) is 11.5 Å². The molecule has 0 aromatic heterocycles. The molecule has 0 amide bonds. The fraction of sp³-hybridized carbons (Fsp3) is 0.143. The van der Waals surface area contributed by atoms with Gasteiger partial charge in [0.2, 0.25) is 0 Å². The van der Waals surface area contributed by atoms with E-state index in [1.807, 2.05) is 0 Å². The third-order valence-electron chi connectivity index (χ3n) is 2.71. The average Bonchev–Trinajstić information content (AvgIpc) is 2.42. The molecule has 2 aromatic rings. The van der Waals surface area contributed by atoms with Gasteiger partial charge in [-0.25, -0.2) is 0 Å². The van der Waals surface area contributed by atoms with E-state index in [2.05, 4.69) is 4.74 Å². The SMILES string of the molecule is N#Cc1cc2ccccc2c(C(=O)[O-])c1OCC(F)(F)F. The van der Waals surface area contributed by atoms with Crippen molar-refractivity contribution in [2.75, 3.05) is 6.61 Å². The summed E-state index contributed by atoms with van der Waals surface area (Å²) in [5.41, 5.74) is -0.856. The third-order valence-corrected chi connectivity index (χ3v) is 2.71. The summed E-state index contributed by atoms with van der Waals surface area (Å²) in [6.07, 6.45) is -4.65. The molecule has 0 N–H and O–H groups in total. The first-order chi connectivity index (χ1) is 9.83. The van der Waals surface area contributed by atoms with Crippen molar-refractivity contribution in [1.82, 2.24) is 0 Å². The first-order valence-corrected chi connectivity index (χ1v) is 5.70. The number of carbonyl (C=O) groups is 1. The number of hydrogen-bond acceptors (Lipinski definition) is 4. The molecule has 0 atom stereocenters. The summed E-state index contributed by atoms with van der Waals surface area (Å²) in [6, 6.07) is 8.98. The first-order valence-electron chi connectivity index (χ1n) is 5.70. The number of rotatable bonds is 3. The van der Waals surface area contributed by atoms with Crippen LogP contribution in [0.15, 0.2) is 30.3 Å². The summed E-state index contributed by atoms with van der Waals surface area (Å²) in [5, 5.41) is 20.8. The molecule has 21 heavy (non-hydrogen) atoms. The Bertz CT molecular complexity index is 747. The Balaban J connectivity index is 2.68. The number of benzene rings is 2. The van der Waals surface area contributed by atoms with Crippen molar-refractivity contribution in [3.8, 4) is 11.8 Å².